The maximum absolute atomic E-state index is 14.0. The summed E-state index contributed by atoms with van der Waals surface area (Å²) in [6.07, 6.45) is -1.34. The number of aromatic nitrogens is 3. The Hall–Kier alpha value is -2.50. The summed E-state index contributed by atoms with van der Waals surface area (Å²) in [5.74, 6) is -4.66. The van der Waals surface area contributed by atoms with Crippen molar-refractivity contribution in [1.82, 2.24) is 14.8 Å². The molecular weight excluding hydrogens is 440 g/mol. The maximum atomic E-state index is 14.0. The Bertz CT molecular complexity index is 1090. The van der Waals surface area contributed by atoms with E-state index in [0.717, 1.165) is 17.0 Å². The molecule has 0 bridgehead atoms. The molecule has 2 aromatic heterocycles. The van der Waals surface area contributed by atoms with Crippen molar-refractivity contribution < 1.29 is 30.8 Å². The van der Waals surface area contributed by atoms with Crippen molar-refractivity contribution in [2.75, 3.05) is 11.6 Å². The largest absolute Gasteiger partial charge is 0.321 e. The predicted molar refractivity (Wildman–Crippen MR) is 104 cm³/mol. The van der Waals surface area contributed by atoms with E-state index >= 15 is 0 Å². The van der Waals surface area contributed by atoms with E-state index in [4.69, 9.17) is 0 Å². The van der Waals surface area contributed by atoms with E-state index in [-0.39, 0.29) is 41.4 Å². The molecule has 12 heteroatoms. The van der Waals surface area contributed by atoms with Gasteiger partial charge in [0.2, 0.25) is 0 Å². The number of halogens is 4. The third-order valence-corrected chi connectivity index (χ3v) is 6.12. The van der Waals surface area contributed by atoms with Gasteiger partial charge in [-0.3, -0.25) is 9.48 Å². The van der Waals surface area contributed by atoms with Gasteiger partial charge in [0.25, 0.3) is 11.8 Å². The number of nitrogens with one attached hydrogen (secondary N) is 1. The van der Waals surface area contributed by atoms with E-state index in [0.29, 0.717) is 6.92 Å². The zero-order valence-electron chi connectivity index (χ0n) is 17.1. The summed E-state index contributed by atoms with van der Waals surface area (Å²) < 4.78 is 79.6. The molecule has 1 fully saturated rings. The second kappa shape index (κ2) is 8.21. The van der Waals surface area contributed by atoms with Gasteiger partial charge in [-0.05, 0) is 37.8 Å². The summed E-state index contributed by atoms with van der Waals surface area (Å²) in [5, 5.41) is 6.06. The Morgan fingerprint density at radius 2 is 1.90 bits per heavy atom. The minimum Gasteiger partial charge on any atom is -0.321 e. The molecule has 31 heavy (non-hydrogen) atoms. The Balaban J connectivity index is 1.95. The summed E-state index contributed by atoms with van der Waals surface area (Å²) in [4.78, 5) is 16.6. The van der Waals surface area contributed by atoms with Crippen molar-refractivity contribution in [1.29, 1.82) is 0 Å². The van der Waals surface area contributed by atoms with Crippen LogP contribution in [0.5, 0.6) is 0 Å². The minimum absolute atomic E-state index is 0.0750. The minimum atomic E-state index is -3.63. The molecule has 1 aliphatic carbocycles. The highest BCUT2D eigenvalue weighted by Crippen LogP contribution is 2.34. The molecule has 0 aliphatic heterocycles. The van der Waals surface area contributed by atoms with E-state index in [9.17, 15) is 30.8 Å². The molecule has 1 unspecified atom stereocenters. The van der Waals surface area contributed by atoms with Crippen LogP contribution in [-0.2, 0) is 22.3 Å². The maximum Gasteiger partial charge on any atom is 0.289 e. The van der Waals surface area contributed by atoms with E-state index in [1.54, 1.807) is 0 Å². The number of hydrogen-bond acceptors (Lipinski definition) is 5. The molecule has 3 atom stereocenters. The summed E-state index contributed by atoms with van der Waals surface area (Å²) in [6, 6.07) is 2.48. The van der Waals surface area contributed by atoms with Crippen LogP contribution in [0.1, 0.15) is 41.5 Å². The van der Waals surface area contributed by atoms with Crippen molar-refractivity contribution in [2.24, 2.45) is 5.92 Å². The summed E-state index contributed by atoms with van der Waals surface area (Å²) >= 11 is 0. The van der Waals surface area contributed by atoms with Crippen LogP contribution in [-0.4, -0.2) is 47.7 Å². The first-order valence-corrected chi connectivity index (χ1v) is 11.4. The van der Waals surface area contributed by atoms with Crippen molar-refractivity contribution in [2.45, 2.75) is 56.5 Å². The standard InChI is InChI=1S/C19H22F4N4O3S/c1-10-16(18(28)25-12-4-5-24-15(8-12)31(3,29)30)27(26-17(10)19(2,22)23)9-11-6-13(20)14(21)7-11/h4-5,8,11,13-14H,6-7,9H2,1-3H3,(H,24,25,28)/t11?,13-,14+. The fourth-order valence-electron chi connectivity index (χ4n) is 3.69. The van der Waals surface area contributed by atoms with Gasteiger partial charge in [-0.1, -0.05) is 0 Å². The number of rotatable bonds is 6. The van der Waals surface area contributed by atoms with Gasteiger partial charge < -0.3 is 5.32 Å². The van der Waals surface area contributed by atoms with Crippen LogP contribution >= 0.6 is 0 Å². The number of sulfone groups is 1. The van der Waals surface area contributed by atoms with Crippen LogP contribution in [0.2, 0.25) is 0 Å². The molecule has 0 radical (unpaired) electrons. The molecule has 1 N–H and O–H groups in total. The van der Waals surface area contributed by atoms with Gasteiger partial charge in [0, 0.05) is 37.2 Å². The SMILES string of the molecule is Cc1c(C(C)(F)F)nn(CC2C[C@@H](F)[C@@H](F)C2)c1C(=O)Nc1ccnc(S(C)(=O)=O)c1. The average molecular weight is 462 g/mol. The Labute approximate surface area is 176 Å². The molecule has 1 amide bonds. The smallest absolute Gasteiger partial charge is 0.289 e. The van der Waals surface area contributed by atoms with Crippen LogP contribution in [0.25, 0.3) is 0 Å². The molecule has 7 nitrogen and oxygen atoms in total. The average Bonchev–Trinajstić information content (AvgIpc) is 3.13. The van der Waals surface area contributed by atoms with E-state index in [1.165, 1.54) is 19.2 Å². The summed E-state index contributed by atoms with van der Waals surface area (Å²) in [7, 11) is -3.63. The monoisotopic (exact) mass is 462 g/mol. The molecule has 0 spiro atoms. The van der Waals surface area contributed by atoms with Gasteiger partial charge in [-0.2, -0.15) is 13.9 Å². The summed E-state index contributed by atoms with van der Waals surface area (Å²) in [5.41, 5.74) is -0.789. The Morgan fingerprint density at radius 1 is 1.29 bits per heavy atom. The fourth-order valence-corrected chi connectivity index (χ4v) is 4.28. The van der Waals surface area contributed by atoms with Crippen molar-refractivity contribution in [3.05, 3.63) is 35.3 Å². The van der Waals surface area contributed by atoms with Crippen molar-refractivity contribution in [3.63, 3.8) is 0 Å². The lowest BCUT2D eigenvalue weighted by Crippen LogP contribution is -2.21. The molecule has 170 valence electrons. The highest BCUT2D eigenvalue weighted by molar-refractivity contribution is 7.90. The molecule has 1 aliphatic rings. The first-order valence-electron chi connectivity index (χ1n) is 9.48. The topological polar surface area (TPSA) is 93.9 Å². The Kier molecular flexibility index (Phi) is 6.14. The first-order chi connectivity index (χ1) is 14.3. The van der Waals surface area contributed by atoms with Gasteiger partial charge in [0.1, 0.15) is 23.7 Å². The quantitative estimate of drug-likeness (QED) is 0.664. The number of nitrogens with zero attached hydrogens (tertiary/aromatic N) is 3. The lowest BCUT2D eigenvalue weighted by atomic mass is 10.1. The second-order valence-electron chi connectivity index (χ2n) is 7.87. The van der Waals surface area contributed by atoms with Crippen LogP contribution in [0.15, 0.2) is 23.4 Å². The van der Waals surface area contributed by atoms with Gasteiger partial charge in [0.15, 0.2) is 14.9 Å². The molecule has 2 heterocycles. The third-order valence-electron chi connectivity index (χ3n) is 5.13. The van der Waals surface area contributed by atoms with Gasteiger partial charge >= 0.3 is 0 Å². The fraction of sp³-hybridized carbons (Fsp3) is 0.526. The highest BCUT2D eigenvalue weighted by Gasteiger charge is 2.38. The van der Waals surface area contributed by atoms with E-state index in [1.807, 2.05) is 0 Å². The third kappa shape index (κ3) is 5.05. The molecule has 3 rings (SSSR count). The lowest BCUT2D eigenvalue weighted by molar-refractivity contribution is 0.0113. The number of amides is 1. The van der Waals surface area contributed by atoms with Crippen LogP contribution in [0.4, 0.5) is 23.2 Å². The van der Waals surface area contributed by atoms with Crippen molar-refractivity contribution in [3.8, 4) is 0 Å². The van der Waals surface area contributed by atoms with E-state index < -0.39 is 45.6 Å². The zero-order chi connectivity index (χ0) is 23.1. The van der Waals surface area contributed by atoms with Crippen LogP contribution in [0.3, 0.4) is 0 Å². The summed E-state index contributed by atoms with van der Waals surface area (Å²) in [6.45, 7) is 1.84. The molecule has 0 saturated heterocycles. The van der Waals surface area contributed by atoms with Gasteiger partial charge in [0.05, 0.1) is 0 Å². The molecule has 0 aromatic carbocycles. The van der Waals surface area contributed by atoms with Crippen molar-refractivity contribution >= 4 is 21.4 Å². The second-order valence-corrected chi connectivity index (χ2v) is 9.83. The van der Waals surface area contributed by atoms with Crippen LogP contribution in [0, 0.1) is 12.8 Å². The van der Waals surface area contributed by atoms with Crippen LogP contribution < -0.4 is 5.32 Å². The number of carbonyl (C=O) groups is 1. The molecule has 2 aromatic rings. The predicted octanol–water partition coefficient (Wildman–Crippen LogP) is 3.44. The zero-order valence-corrected chi connectivity index (χ0v) is 17.9. The normalized spacial score (nSPS) is 22.0. The van der Waals surface area contributed by atoms with E-state index in [2.05, 4.69) is 15.4 Å². The van der Waals surface area contributed by atoms with Gasteiger partial charge in [-0.15, -0.1) is 0 Å². The number of pyridine rings is 1. The lowest BCUT2D eigenvalue weighted by Gasteiger charge is -2.13. The Morgan fingerprint density at radius 3 is 2.45 bits per heavy atom. The molecular formula is C19H22F4N4O3S. The van der Waals surface area contributed by atoms with Gasteiger partial charge in [-0.25, -0.2) is 22.2 Å². The number of hydrogen-bond donors (Lipinski definition) is 1. The highest BCUT2D eigenvalue weighted by atomic mass is 32.2. The molecule has 1 saturated carbocycles. The number of anilines is 1. The number of carbonyl (C=O) groups excluding carboxylic acids is 1. The first kappa shape index (κ1) is 23.2. The number of alkyl halides is 4.